The molecule has 0 aliphatic heterocycles. The summed E-state index contributed by atoms with van der Waals surface area (Å²) < 4.78 is 52.9. The molecular weight excluding hydrogens is 468 g/mol. The quantitative estimate of drug-likeness (QED) is 0.316. The van der Waals surface area contributed by atoms with Crippen LogP contribution in [0.15, 0.2) is 33.2 Å². The first kappa shape index (κ1) is 23.7. The highest BCUT2D eigenvalue weighted by molar-refractivity contribution is 7.14. The van der Waals surface area contributed by atoms with Crippen LogP contribution in [0.3, 0.4) is 0 Å². The number of rotatable bonds is 6. The number of aromatic amines is 1. The molecule has 0 bridgehead atoms. The van der Waals surface area contributed by atoms with Gasteiger partial charge < -0.3 is 16.1 Å². The third-order valence-electron chi connectivity index (χ3n) is 4.47. The summed E-state index contributed by atoms with van der Waals surface area (Å²) in [6.07, 6.45) is -4.71. The molecule has 33 heavy (non-hydrogen) atoms. The van der Waals surface area contributed by atoms with Gasteiger partial charge in [0.2, 0.25) is 5.91 Å². The molecule has 2 heterocycles. The van der Waals surface area contributed by atoms with Gasteiger partial charge in [0.15, 0.2) is 5.13 Å². The van der Waals surface area contributed by atoms with Gasteiger partial charge >= 0.3 is 11.9 Å². The third-order valence-corrected chi connectivity index (χ3v) is 5.22. The van der Waals surface area contributed by atoms with Crippen molar-refractivity contribution < 1.29 is 22.4 Å². The summed E-state index contributed by atoms with van der Waals surface area (Å²) in [6, 6.07) is 2.33. The number of benzene rings is 1. The molecule has 0 unspecified atom stereocenters. The highest BCUT2D eigenvalue weighted by Crippen LogP contribution is 2.34. The largest absolute Gasteiger partial charge is 0.419 e. The van der Waals surface area contributed by atoms with Crippen LogP contribution in [0.4, 0.5) is 22.7 Å². The highest BCUT2D eigenvalue weighted by Gasteiger charge is 2.34. The Morgan fingerprint density at radius 2 is 2.03 bits per heavy atom. The van der Waals surface area contributed by atoms with Gasteiger partial charge in [-0.2, -0.15) is 13.2 Å². The molecule has 172 valence electrons. The summed E-state index contributed by atoms with van der Waals surface area (Å²) in [5.74, 6) is -2.21. The normalized spacial score (nSPS) is 11.3. The van der Waals surface area contributed by atoms with E-state index in [1.54, 1.807) is 0 Å². The molecule has 2 aromatic heterocycles. The van der Waals surface area contributed by atoms with Gasteiger partial charge in [-0.1, -0.05) is 6.07 Å². The second-order valence-corrected chi connectivity index (χ2v) is 7.51. The lowest BCUT2D eigenvalue weighted by Gasteiger charge is -2.09. The molecule has 14 heteroatoms. The molecule has 1 amide bonds. The van der Waals surface area contributed by atoms with E-state index in [2.05, 4.69) is 10.3 Å². The summed E-state index contributed by atoms with van der Waals surface area (Å²) >= 11 is 0.919. The van der Waals surface area contributed by atoms with Crippen molar-refractivity contribution in [2.75, 3.05) is 5.32 Å². The SMILES string of the molecule is Cn1c(C=N)c(C(=N)CC(=O)Nc2nc(-c3ccc(C(F)(F)F)c(F)c3)cs2)c(=O)[nH]c1=O. The van der Waals surface area contributed by atoms with E-state index in [9.17, 15) is 31.9 Å². The van der Waals surface area contributed by atoms with Crippen molar-refractivity contribution in [1.82, 2.24) is 14.5 Å². The topological polar surface area (TPSA) is 145 Å². The zero-order valence-corrected chi connectivity index (χ0v) is 17.4. The lowest BCUT2D eigenvalue weighted by Crippen LogP contribution is -2.36. The van der Waals surface area contributed by atoms with Crippen LogP contribution >= 0.6 is 11.3 Å². The van der Waals surface area contributed by atoms with Crippen LogP contribution in [0, 0.1) is 16.6 Å². The predicted octanol–water partition coefficient (Wildman–Crippen LogP) is 2.75. The zero-order valence-electron chi connectivity index (χ0n) is 16.6. The molecule has 9 nitrogen and oxygen atoms in total. The number of carbonyl (C=O) groups is 1. The molecular formula is C19H14F4N6O3S. The molecule has 0 aliphatic rings. The van der Waals surface area contributed by atoms with E-state index >= 15 is 0 Å². The van der Waals surface area contributed by atoms with Crippen LogP contribution in [0.2, 0.25) is 0 Å². The van der Waals surface area contributed by atoms with E-state index in [4.69, 9.17) is 10.8 Å². The Balaban J connectivity index is 1.76. The number of aromatic nitrogens is 3. The van der Waals surface area contributed by atoms with Gasteiger partial charge in [0.05, 0.1) is 34.6 Å². The number of H-pyrrole nitrogens is 1. The first-order valence-corrected chi connectivity index (χ1v) is 9.84. The Labute approximate surface area is 185 Å². The minimum absolute atomic E-state index is 0.0322. The fourth-order valence-corrected chi connectivity index (χ4v) is 3.61. The van der Waals surface area contributed by atoms with Gasteiger partial charge in [0.25, 0.3) is 5.56 Å². The van der Waals surface area contributed by atoms with Crippen LogP contribution < -0.4 is 16.6 Å². The van der Waals surface area contributed by atoms with Crippen molar-refractivity contribution in [3.05, 3.63) is 67.1 Å². The molecule has 0 aliphatic carbocycles. The van der Waals surface area contributed by atoms with E-state index in [1.807, 2.05) is 4.98 Å². The van der Waals surface area contributed by atoms with Gasteiger partial charge in [0.1, 0.15) is 5.82 Å². The summed E-state index contributed by atoms with van der Waals surface area (Å²) in [6.45, 7) is 0. The number of amides is 1. The van der Waals surface area contributed by atoms with Crippen molar-refractivity contribution in [3.63, 3.8) is 0 Å². The lowest BCUT2D eigenvalue weighted by atomic mass is 10.1. The van der Waals surface area contributed by atoms with E-state index in [1.165, 1.54) is 12.4 Å². The monoisotopic (exact) mass is 482 g/mol. The van der Waals surface area contributed by atoms with Gasteiger partial charge in [0, 0.05) is 24.2 Å². The smallest absolute Gasteiger partial charge is 0.307 e. The number of alkyl halides is 3. The van der Waals surface area contributed by atoms with E-state index in [0.717, 1.165) is 22.0 Å². The number of hydrogen-bond acceptors (Lipinski definition) is 7. The fraction of sp³-hybridized carbons (Fsp3) is 0.158. The summed E-state index contributed by atoms with van der Waals surface area (Å²) in [5.41, 5.74) is -3.85. The standard InChI is InChI=1S/C19H14F4N6O3S/c1-29-13(6-24)15(16(31)28-18(29)32)11(25)5-14(30)27-17-26-12(7-33-17)8-2-3-9(10(20)4-8)19(21,22)23/h2-4,6-7,24-25H,5H2,1H3,(H,26,27,30)(H,28,31,32). The summed E-state index contributed by atoms with van der Waals surface area (Å²) in [7, 11) is 1.29. The van der Waals surface area contributed by atoms with Crippen molar-refractivity contribution in [2.45, 2.75) is 12.6 Å². The molecule has 0 fully saturated rings. The van der Waals surface area contributed by atoms with Crippen molar-refractivity contribution >= 4 is 34.3 Å². The van der Waals surface area contributed by atoms with E-state index in [-0.39, 0.29) is 27.6 Å². The predicted molar refractivity (Wildman–Crippen MR) is 113 cm³/mol. The van der Waals surface area contributed by atoms with Gasteiger partial charge in [-0.05, 0) is 12.1 Å². The lowest BCUT2D eigenvalue weighted by molar-refractivity contribution is -0.140. The van der Waals surface area contributed by atoms with Crippen LogP contribution in [0.5, 0.6) is 0 Å². The number of hydrogen-bond donors (Lipinski definition) is 4. The van der Waals surface area contributed by atoms with Gasteiger partial charge in [-0.15, -0.1) is 11.3 Å². The number of nitrogens with zero attached hydrogens (tertiary/aromatic N) is 2. The molecule has 0 saturated carbocycles. The van der Waals surface area contributed by atoms with E-state index < -0.39 is 46.8 Å². The molecule has 3 aromatic rings. The molecule has 4 N–H and O–H groups in total. The number of thiazole rings is 1. The Morgan fingerprint density at radius 1 is 1.33 bits per heavy atom. The van der Waals surface area contributed by atoms with Crippen molar-refractivity contribution in [3.8, 4) is 11.3 Å². The number of halogens is 4. The Bertz CT molecular complexity index is 1390. The third kappa shape index (κ3) is 4.95. The molecule has 0 saturated heterocycles. The van der Waals surface area contributed by atoms with Crippen LogP contribution in [0.25, 0.3) is 11.3 Å². The Hall–Kier alpha value is -3.94. The molecule has 0 radical (unpaired) electrons. The molecule has 1 aromatic carbocycles. The first-order chi connectivity index (χ1) is 15.4. The number of nitrogens with one attached hydrogen (secondary N) is 4. The second kappa shape index (κ2) is 8.90. The average molecular weight is 482 g/mol. The minimum Gasteiger partial charge on any atom is -0.307 e. The van der Waals surface area contributed by atoms with Crippen LogP contribution in [0.1, 0.15) is 23.2 Å². The van der Waals surface area contributed by atoms with Crippen LogP contribution in [-0.2, 0) is 18.0 Å². The Morgan fingerprint density at radius 3 is 2.64 bits per heavy atom. The maximum absolute atomic E-state index is 13.8. The maximum Gasteiger partial charge on any atom is 0.419 e. The Kier molecular flexibility index (Phi) is 6.39. The number of anilines is 1. The number of carbonyl (C=O) groups excluding carboxylic acids is 1. The zero-order chi connectivity index (χ0) is 24.5. The van der Waals surface area contributed by atoms with Crippen molar-refractivity contribution in [1.29, 1.82) is 10.8 Å². The van der Waals surface area contributed by atoms with Gasteiger partial charge in [-0.25, -0.2) is 14.2 Å². The average Bonchev–Trinajstić information content (AvgIpc) is 3.17. The fourth-order valence-electron chi connectivity index (χ4n) is 2.88. The molecule has 3 rings (SSSR count). The molecule has 0 spiro atoms. The first-order valence-electron chi connectivity index (χ1n) is 8.96. The second-order valence-electron chi connectivity index (χ2n) is 6.66. The van der Waals surface area contributed by atoms with Crippen molar-refractivity contribution in [2.24, 2.45) is 7.05 Å². The highest BCUT2D eigenvalue weighted by atomic mass is 32.1. The summed E-state index contributed by atoms with van der Waals surface area (Å²) in [4.78, 5) is 42.0. The summed E-state index contributed by atoms with van der Waals surface area (Å²) in [5, 5.41) is 19.3. The van der Waals surface area contributed by atoms with E-state index in [0.29, 0.717) is 18.3 Å². The minimum atomic E-state index is -4.83. The van der Waals surface area contributed by atoms with Gasteiger partial charge in [-0.3, -0.25) is 19.1 Å². The molecule has 0 atom stereocenters. The van der Waals surface area contributed by atoms with Crippen LogP contribution in [-0.4, -0.2) is 32.4 Å². The maximum atomic E-state index is 13.8.